The van der Waals surface area contributed by atoms with Gasteiger partial charge in [-0.2, -0.15) is 0 Å². The van der Waals surface area contributed by atoms with Crippen LogP contribution in [0.1, 0.15) is 70.3 Å². The lowest BCUT2D eigenvalue weighted by Crippen LogP contribution is -2.38. The zero-order valence-electron chi connectivity index (χ0n) is 14.0. The molecular weight excluding hydrogens is 260 g/mol. The fraction of sp³-hybridized carbons (Fsp3) is 0.765. The Hall–Kier alpha value is -1.16. The molecule has 1 fully saturated rings. The Morgan fingerprint density at radius 2 is 2.00 bits per heavy atom. The van der Waals surface area contributed by atoms with E-state index < -0.39 is 0 Å². The summed E-state index contributed by atoms with van der Waals surface area (Å²) >= 11 is 0. The molecule has 1 heterocycles. The van der Waals surface area contributed by atoms with Crippen molar-refractivity contribution in [1.82, 2.24) is 15.3 Å². The van der Waals surface area contributed by atoms with Crippen LogP contribution in [-0.4, -0.2) is 29.6 Å². The van der Waals surface area contributed by atoms with E-state index in [2.05, 4.69) is 36.0 Å². The van der Waals surface area contributed by atoms with Crippen molar-refractivity contribution in [2.45, 2.75) is 71.4 Å². The maximum absolute atomic E-state index is 4.81. The highest BCUT2D eigenvalue weighted by molar-refractivity contribution is 5.50. The van der Waals surface area contributed by atoms with Gasteiger partial charge in [0.25, 0.3) is 0 Å². The van der Waals surface area contributed by atoms with E-state index in [1.54, 1.807) is 0 Å². The van der Waals surface area contributed by atoms with Gasteiger partial charge in [0.05, 0.1) is 17.6 Å². The molecule has 1 aliphatic carbocycles. The number of anilines is 1. The van der Waals surface area contributed by atoms with Crippen molar-refractivity contribution < 1.29 is 0 Å². The van der Waals surface area contributed by atoms with Gasteiger partial charge in [0.2, 0.25) is 0 Å². The third-order valence-electron chi connectivity index (χ3n) is 4.39. The summed E-state index contributed by atoms with van der Waals surface area (Å²) in [6, 6.07) is 0.660. The molecule has 0 atom stereocenters. The van der Waals surface area contributed by atoms with E-state index in [-0.39, 0.29) is 0 Å². The van der Waals surface area contributed by atoms with Crippen LogP contribution in [0, 0.1) is 0 Å². The molecule has 2 rings (SSSR count). The third kappa shape index (κ3) is 3.94. The second kappa shape index (κ2) is 7.74. The van der Waals surface area contributed by atoms with Crippen molar-refractivity contribution in [3.8, 4) is 0 Å². The summed E-state index contributed by atoms with van der Waals surface area (Å²) < 4.78 is 0. The quantitative estimate of drug-likeness (QED) is 0.871. The zero-order chi connectivity index (χ0) is 15.2. The molecule has 118 valence electrons. The van der Waals surface area contributed by atoms with Gasteiger partial charge < -0.3 is 10.2 Å². The first kappa shape index (κ1) is 16.2. The first-order chi connectivity index (χ1) is 10.2. The molecule has 0 unspecified atom stereocenters. The summed E-state index contributed by atoms with van der Waals surface area (Å²) in [7, 11) is 1.98. The molecule has 0 radical (unpaired) electrons. The fourth-order valence-electron chi connectivity index (χ4n) is 3.26. The lowest BCUT2D eigenvalue weighted by Gasteiger charge is -2.36. The highest BCUT2D eigenvalue weighted by Crippen LogP contribution is 2.29. The van der Waals surface area contributed by atoms with Crippen LogP contribution in [0.25, 0.3) is 0 Å². The third-order valence-corrected chi connectivity index (χ3v) is 4.39. The predicted molar refractivity (Wildman–Crippen MR) is 88.8 cm³/mol. The van der Waals surface area contributed by atoms with E-state index in [0.717, 1.165) is 24.6 Å². The van der Waals surface area contributed by atoms with E-state index in [9.17, 15) is 0 Å². The molecule has 1 aromatic rings. The number of nitrogens with one attached hydrogen (secondary N) is 1. The first-order valence-electron chi connectivity index (χ1n) is 8.44. The van der Waals surface area contributed by atoms with Gasteiger partial charge in [-0.1, -0.05) is 33.1 Å². The van der Waals surface area contributed by atoms with E-state index in [1.165, 1.54) is 37.8 Å². The standard InChI is InChI=1S/C17H30N4/c1-5-21(14-9-7-6-8-10-14)16-12-19-17(13(2)3)20-15(16)11-18-4/h12-14,18H,5-11H2,1-4H3. The smallest absolute Gasteiger partial charge is 0.131 e. The lowest BCUT2D eigenvalue weighted by molar-refractivity contribution is 0.416. The Kier molecular flexibility index (Phi) is 5.97. The van der Waals surface area contributed by atoms with Crippen LogP contribution in [0.5, 0.6) is 0 Å². The molecule has 1 aliphatic rings. The van der Waals surface area contributed by atoms with Crippen molar-refractivity contribution in [1.29, 1.82) is 0 Å². The molecule has 1 N–H and O–H groups in total. The lowest BCUT2D eigenvalue weighted by atomic mass is 9.93. The van der Waals surface area contributed by atoms with Gasteiger partial charge in [-0.05, 0) is 26.8 Å². The summed E-state index contributed by atoms with van der Waals surface area (Å²) in [5, 5.41) is 3.26. The maximum atomic E-state index is 4.81. The van der Waals surface area contributed by atoms with Crippen LogP contribution in [0.4, 0.5) is 5.69 Å². The molecule has 0 aliphatic heterocycles. The minimum Gasteiger partial charge on any atom is -0.366 e. The van der Waals surface area contributed by atoms with Gasteiger partial charge in [0.1, 0.15) is 5.82 Å². The molecule has 1 aromatic heterocycles. The molecule has 21 heavy (non-hydrogen) atoms. The Balaban J connectivity index is 2.30. The Labute approximate surface area is 129 Å². The molecule has 0 bridgehead atoms. The van der Waals surface area contributed by atoms with Gasteiger partial charge in [0.15, 0.2) is 0 Å². The highest BCUT2D eigenvalue weighted by atomic mass is 15.2. The molecule has 0 aromatic carbocycles. The van der Waals surface area contributed by atoms with Gasteiger partial charge >= 0.3 is 0 Å². The Morgan fingerprint density at radius 3 is 2.57 bits per heavy atom. The molecule has 1 saturated carbocycles. The molecular formula is C17H30N4. The topological polar surface area (TPSA) is 41.1 Å². The highest BCUT2D eigenvalue weighted by Gasteiger charge is 2.23. The SMILES string of the molecule is CCN(c1cnc(C(C)C)nc1CNC)C1CCCCC1. The number of hydrogen-bond acceptors (Lipinski definition) is 4. The van der Waals surface area contributed by atoms with E-state index >= 15 is 0 Å². The number of hydrogen-bond donors (Lipinski definition) is 1. The van der Waals surface area contributed by atoms with Crippen molar-refractivity contribution in [3.05, 3.63) is 17.7 Å². The van der Waals surface area contributed by atoms with Crippen LogP contribution < -0.4 is 10.2 Å². The van der Waals surface area contributed by atoms with Gasteiger partial charge in [-0.15, -0.1) is 0 Å². The van der Waals surface area contributed by atoms with Crippen LogP contribution in [0.2, 0.25) is 0 Å². The molecule has 0 saturated heterocycles. The van der Waals surface area contributed by atoms with E-state index in [0.29, 0.717) is 12.0 Å². The molecule has 4 heteroatoms. The maximum Gasteiger partial charge on any atom is 0.131 e. The Bertz CT molecular complexity index is 438. The van der Waals surface area contributed by atoms with Crippen molar-refractivity contribution >= 4 is 5.69 Å². The van der Waals surface area contributed by atoms with Gasteiger partial charge in [-0.3, -0.25) is 0 Å². The van der Waals surface area contributed by atoms with Gasteiger partial charge in [-0.25, -0.2) is 9.97 Å². The summed E-state index contributed by atoms with van der Waals surface area (Å²) in [4.78, 5) is 11.9. The average molecular weight is 290 g/mol. The fourth-order valence-corrected chi connectivity index (χ4v) is 3.26. The Morgan fingerprint density at radius 1 is 1.29 bits per heavy atom. The van der Waals surface area contributed by atoms with Crippen LogP contribution in [-0.2, 0) is 6.54 Å². The van der Waals surface area contributed by atoms with Crippen LogP contribution in [0.3, 0.4) is 0 Å². The zero-order valence-corrected chi connectivity index (χ0v) is 14.0. The van der Waals surface area contributed by atoms with Crippen molar-refractivity contribution in [3.63, 3.8) is 0 Å². The normalized spacial score (nSPS) is 16.4. The summed E-state index contributed by atoms with van der Waals surface area (Å²) in [5.41, 5.74) is 2.37. The van der Waals surface area contributed by atoms with Gasteiger partial charge in [0, 0.05) is 25.0 Å². The second-order valence-electron chi connectivity index (χ2n) is 6.32. The van der Waals surface area contributed by atoms with E-state index in [4.69, 9.17) is 4.98 Å². The minimum atomic E-state index is 0.374. The van der Waals surface area contributed by atoms with Crippen molar-refractivity contribution in [2.24, 2.45) is 0 Å². The molecule has 0 spiro atoms. The largest absolute Gasteiger partial charge is 0.366 e. The number of aromatic nitrogens is 2. The number of nitrogens with zero attached hydrogens (tertiary/aromatic N) is 3. The van der Waals surface area contributed by atoms with Crippen LogP contribution in [0.15, 0.2) is 6.20 Å². The first-order valence-corrected chi connectivity index (χ1v) is 8.44. The van der Waals surface area contributed by atoms with E-state index in [1.807, 2.05) is 13.2 Å². The summed E-state index contributed by atoms with van der Waals surface area (Å²) in [6.07, 6.45) is 8.76. The second-order valence-corrected chi connectivity index (χ2v) is 6.32. The predicted octanol–water partition coefficient (Wildman–Crippen LogP) is 3.48. The average Bonchev–Trinajstić information content (AvgIpc) is 2.50. The summed E-state index contributed by atoms with van der Waals surface area (Å²) in [6.45, 7) is 8.38. The number of rotatable bonds is 6. The molecule has 4 nitrogen and oxygen atoms in total. The summed E-state index contributed by atoms with van der Waals surface area (Å²) in [5.74, 6) is 1.32. The monoisotopic (exact) mass is 290 g/mol. The minimum absolute atomic E-state index is 0.374. The van der Waals surface area contributed by atoms with Crippen molar-refractivity contribution in [2.75, 3.05) is 18.5 Å². The molecule has 0 amide bonds. The van der Waals surface area contributed by atoms with Crippen LogP contribution >= 0.6 is 0 Å².